The summed E-state index contributed by atoms with van der Waals surface area (Å²) in [6.45, 7) is 0. The molecule has 5 heteroatoms. The standard InChI is InChI=1S/C13H7Br2F3/c14-9-6-7(4-5-10(9)16)12(15)8-2-1-3-11(17)13(8)18/h1-6,12H. The summed E-state index contributed by atoms with van der Waals surface area (Å²) in [5, 5.41) is 0. The lowest BCUT2D eigenvalue weighted by Gasteiger charge is -2.12. The molecule has 1 atom stereocenters. The van der Waals surface area contributed by atoms with Gasteiger partial charge < -0.3 is 0 Å². The molecule has 0 spiro atoms. The first-order valence-electron chi connectivity index (χ1n) is 5.03. The average Bonchev–Trinajstić information content (AvgIpc) is 2.35. The van der Waals surface area contributed by atoms with Crippen molar-refractivity contribution >= 4 is 31.9 Å². The maximum absolute atomic E-state index is 13.6. The number of hydrogen-bond acceptors (Lipinski definition) is 0. The van der Waals surface area contributed by atoms with Gasteiger partial charge in [-0.2, -0.15) is 0 Å². The van der Waals surface area contributed by atoms with Gasteiger partial charge in [-0.25, -0.2) is 13.2 Å². The number of benzene rings is 2. The largest absolute Gasteiger partial charge is 0.206 e. The maximum atomic E-state index is 13.6. The third-order valence-corrected chi connectivity index (χ3v) is 4.12. The van der Waals surface area contributed by atoms with E-state index < -0.39 is 22.3 Å². The highest BCUT2D eigenvalue weighted by molar-refractivity contribution is 9.10. The van der Waals surface area contributed by atoms with E-state index in [0.29, 0.717) is 5.56 Å². The Morgan fingerprint density at radius 3 is 2.33 bits per heavy atom. The molecule has 0 saturated carbocycles. The highest BCUT2D eigenvalue weighted by atomic mass is 79.9. The summed E-state index contributed by atoms with van der Waals surface area (Å²) in [5.74, 6) is -2.21. The van der Waals surface area contributed by atoms with Crippen molar-refractivity contribution in [1.29, 1.82) is 0 Å². The summed E-state index contributed by atoms with van der Waals surface area (Å²) in [7, 11) is 0. The van der Waals surface area contributed by atoms with E-state index in [2.05, 4.69) is 31.9 Å². The summed E-state index contributed by atoms with van der Waals surface area (Å²) in [6.07, 6.45) is 0. The second-order valence-corrected chi connectivity index (χ2v) is 5.45. The molecule has 2 rings (SSSR count). The van der Waals surface area contributed by atoms with Crippen molar-refractivity contribution in [3.05, 3.63) is 69.4 Å². The van der Waals surface area contributed by atoms with Gasteiger partial charge in [0.2, 0.25) is 0 Å². The molecule has 0 bridgehead atoms. The molecule has 18 heavy (non-hydrogen) atoms. The first-order chi connectivity index (χ1) is 8.50. The summed E-state index contributed by atoms with van der Waals surface area (Å²) in [6, 6.07) is 8.28. The monoisotopic (exact) mass is 378 g/mol. The van der Waals surface area contributed by atoms with Crippen molar-refractivity contribution in [2.45, 2.75) is 4.83 Å². The molecule has 1 unspecified atom stereocenters. The van der Waals surface area contributed by atoms with E-state index in [9.17, 15) is 13.2 Å². The van der Waals surface area contributed by atoms with Crippen LogP contribution in [-0.2, 0) is 0 Å². The fraction of sp³-hybridized carbons (Fsp3) is 0.0769. The van der Waals surface area contributed by atoms with Crippen LogP contribution in [-0.4, -0.2) is 0 Å². The summed E-state index contributed by atoms with van der Waals surface area (Å²) in [5.41, 5.74) is 0.807. The molecule has 2 aromatic carbocycles. The SMILES string of the molecule is Fc1ccc(C(Br)c2cccc(F)c2F)cc1Br. The van der Waals surface area contributed by atoms with Crippen molar-refractivity contribution in [1.82, 2.24) is 0 Å². The van der Waals surface area contributed by atoms with Crippen LogP contribution in [0.2, 0.25) is 0 Å². The van der Waals surface area contributed by atoms with E-state index in [4.69, 9.17) is 0 Å². The van der Waals surface area contributed by atoms with Crippen molar-refractivity contribution < 1.29 is 13.2 Å². The molecule has 0 aliphatic heterocycles. The van der Waals surface area contributed by atoms with Gasteiger partial charge in [-0.3, -0.25) is 0 Å². The van der Waals surface area contributed by atoms with Crippen molar-refractivity contribution in [2.24, 2.45) is 0 Å². The highest BCUT2D eigenvalue weighted by Crippen LogP contribution is 2.34. The zero-order valence-electron chi connectivity index (χ0n) is 8.93. The van der Waals surface area contributed by atoms with Crippen molar-refractivity contribution in [2.75, 3.05) is 0 Å². The van der Waals surface area contributed by atoms with Gasteiger partial charge in [0, 0.05) is 5.56 Å². The normalized spacial score (nSPS) is 12.5. The van der Waals surface area contributed by atoms with Crippen molar-refractivity contribution in [3.8, 4) is 0 Å². The molecule has 0 radical (unpaired) electrons. The van der Waals surface area contributed by atoms with Crippen LogP contribution in [0.5, 0.6) is 0 Å². The molecule has 0 amide bonds. The molecule has 0 aromatic heterocycles. The highest BCUT2D eigenvalue weighted by Gasteiger charge is 2.18. The van der Waals surface area contributed by atoms with Gasteiger partial charge in [0.1, 0.15) is 5.82 Å². The number of alkyl halides is 1. The fourth-order valence-electron chi connectivity index (χ4n) is 1.57. The smallest absolute Gasteiger partial charge is 0.163 e. The lowest BCUT2D eigenvalue weighted by molar-refractivity contribution is 0.500. The zero-order valence-corrected chi connectivity index (χ0v) is 12.1. The Hall–Kier alpha value is -0.810. The fourth-order valence-corrected chi connectivity index (χ4v) is 2.60. The van der Waals surface area contributed by atoms with Crippen LogP contribution in [0.4, 0.5) is 13.2 Å². The minimum absolute atomic E-state index is 0.175. The predicted octanol–water partition coefficient (Wildman–Crippen LogP) is 5.35. The molecule has 0 saturated heterocycles. The van der Waals surface area contributed by atoms with E-state index >= 15 is 0 Å². The van der Waals surface area contributed by atoms with E-state index in [1.54, 1.807) is 0 Å². The molecular weight excluding hydrogens is 373 g/mol. The minimum Gasteiger partial charge on any atom is -0.206 e. The van der Waals surface area contributed by atoms with Gasteiger partial charge in [0.15, 0.2) is 11.6 Å². The summed E-state index contributed by atoms with van der Waals surface area (Å²) < 4.78 is 40.2. The van der Waals surface area contributed by atoms with Crippen LogP contribution in [0, 0.1) is 17.5 Å². The van der Waals surface area contributed by atoms with Gasteiger partial charge in [0.25, 0.3) is 0 Å². The van der Waals surface area contributed by atoms with Crippen LogP contribution in [0.25, 0.3) is 0 Å². The number of rotatable bonds is 2. The van der Waals surface area contributed by atoms with Gasteiger partial charge in [-0.05, 0) is 39.7 Å². The Labute approximate surface area is 119 Å². The van der Waals surface area contributed by atoms with E-state index in [1.165, 1.54) is 30.3 Å². The van der Waals surface area contributed by atoms with Crippen LogP contribution in [0.15, 0.2) is 40.9 Å². The Kier molecular flexibility index (Phi) is 4.12. The van der Waals surface area contributed by atoms with Crippen LogP contribution >= 0.6 is 31.9 Å². The molecule has 0 aliphatic rings. The van der Waals surface area contributed by atoms with Crippen LogP contribution in [0.3, 0.4) is 0 Å². The first-order valence-corrected chi connectivity index (χ1v) is 6.74. The van der Waals surface area contributed by atoms with Gasteiger partial charge >= 0.3 is 0 Å². The number of halogens is 5. The second-order valence-electron chi connectivity index (χ2n) is 3.68. The van der Waals surface area contributed by atoms with Gasteiger partial charge in [-0.1, -0.05) is 34.1 Å². The molecule has 0 heterocycles. The summed E-state index contributed by atoms with van der Waals surface area (Å²) in [4.78, 5) is -0.537. The first kappa shape index (κ1) is 13.6. The van der Waals surface area contributed by atoms with Gasteiger partial charge in [0.05, 0.1) is 9.30 Å². The molecule has 2 aromatic rings. The quantitative estimate of drug-likeness (QED) is 0.617. The molecule has 0 nitrogen and oxygen atoms in total. The minimum atomic E-state index is -0.905. The molecule has 94 valence electrons. The Morgan fingerprint density at radius 1 is 0.944 bits per heavy atom. The Bertz CT molecular complexity index is 584. The number of hydrogen-bond donors (Lipinski definition) is 0. The summed E-state index contributed by atoms with van der Waals surface area (Å²) >= 11 is 6.34. The molecular formula is C13H7Br2F3. The molecule has 0 aliphatic carbocycles. The van der Waals surface area contributed by atoms with E-state index in [0.717, 1.165) is 6.07 Å². The van der Waals surface area contributed by atoms with Crippen molar-refractivity contribution in [3.63, 3.8) is 0 Å². The lowest BCUT2D eigenvalue weighted by Crippen LogP contribution is -1.99. The average molecular weight is 380 g/mol. The van der Waals surface area contributed by atoms with E-state index in [1.807, 2.05) is 0 Å². The second kappa shape index (κ2) is 5.45. The molecule has 0 N–H and O–H groups in total. The predicted molar refractivity (Wildman–Crippen MR) is 71.2 cm³/mol. The topological polar surface area (TPSA) is 0 Å². The Balaban J connectivity index is 2.44. The maximum Gasteiger partial charge on any atom is 0.163 e. The van der Waals surface area contributed by atoms with Gasteiger partial charge in [-0.15, -0.1) is 0 Å². The molecule has 0 fully saturated rings. The third-order valence-electron chi connectivity index (χ3n) is 2.49. The third kappa shape index (κ3) is 2.62. The Morgan fingerprint density at radius 2 is 1.67 bits per heavy atom. The lowest BCUT2D eigenvalue weighted by atomic mass is 10.0. The van der Waals surface area contributed by atoms with Crippen LogP contribution < -0.4 is 0 Å². The van der Waals surface area contributed by atoms with Crippen LogP contribution in [0.1, 0.15) is 16.0 Å². The zero-order chi connectivity index (χ0) is 13.3. The van der Waals surface area contributed by atoms with E-state index in [-0.39, 0.29) is 10.0 Å².